The van der Waals surface area contributed by atoms with Gasteiger partial charge in [0.2, 0.25) is 0 Å². The zero-order valence-corrected chi connectivity index (χ0v) is 14.7. The molecule has 132 valence electrons. The Balaban J connectivity index is 1.99. The van der Waals surface area contributed by atoms with Gasteiger partial charge >= 0.3 is 0 Å². The SMILES string of the molecule is O=C(C[C@@H](c1ccccc1)S(=O)(=O)c1ccccc1)c1ccc(F)cc1. The molecule has 0 radical (unpaired) electrons. The summed E-state index contributed by atoms with van der Waals surface area (Å²) in [5, 5.41) is -1.01. The molecule has 0 aliphatic heterocycles. The molecule has 0 saturated heterocycles. The maximum Gasteiger partial charge on any atom is 0.185 e. The van der Waals surface area contributed by atoms with E-state index < -0.39 is 20.9 Å². The number of Topliss-reactive ketones (excluding diaryl/α,β-unsaturated/α-hetero) is 1. The molecule has 1 atom stereocenters. The van der Waals surface area contributed by atoms with Crippen LogP contribution in [0.15, 0.2) is 89.8 Å². The maximum absolute atomic E-state index is 13.1. The van der Waals surface area contributed by atoms with Crippen LogP contribution >= 0.6 is 0 Å². The first-order chi connectivity index (χ1) is 12.5. The van der Waals surface area contributed by atoms with E-state index in [9.17, 15) is 17.6 Å². The monoisotopic (exact) mass is 368 g/mol. The molecule has 0 bridgehead atoms. The maximum atomic E-state index is 13.1. The van der Waals surface area contributed by atoms with Crippen molar-refractivity contribution < 1.29 is 17.6 Å². The Morgan fingerprint density at radius 1 is 0.808 bits per heavy atom. The van der Waals surface area contributed by atoms with E-state index in [4.69, 9.17) is 0 Å². The van der Waals surface area contributed by atoms with E-state index in [0.717, 1.165) is 0 Å². The second-order valence-corrected chi connectivity index (χ2v) is 8.02. The topological polar surface area (TPSA) is 51.2 Å². The van der Waals surface area contributed by atoms with Crippen molar-refractivity contribution in [1.29, 1.82) is 0 Å². The van der Waals surface area contributed by atoms with Crippen LogP contribution in [-0.2, 0) is 9.84 Å². The number of halogens is 1. The molecule has 0 unspecified atom stereocenters. The number of hydrogen-bond donors (Lipinski definition) is 0. The number of carbonyl (C=O) groups is 1. The summed E-state index contributed by atoms with van der Waals surface area (Å²) < 4.78 is 39.4. The lowest BCUT2D eigenvalue weighted by Crippen LogP contribution is -2.18. The molecule has 0 heterocycles. The van der Waals surface area contributed by atoms with Crippen LogP contribution < -0.4 is 0 Å². The van der Waals surface area contributed by atoms with E-state index in [-0.39, 0.29) is 22.7 Å². The van der Waals surface area contributed by atoms with Gasteiger partial charge in [-0.2, -0.15) is 0 Å². The summed E-state index contributed by atoms with van der Waals surface area (Å²) in [7, 11) is -3.76. The number of sulfone groups is 1. The number of carbonyl (C=O) groups excluding carboxylic acids is 1. The van der Waals surface area contributed by atoms with E-state index in [1.165, 1.54) is 36.4 Å². The molecule has 3 aromatic rings. The van der Waals surface area contributed by atoms with Crippen LogP contribution in [0, 0.1) is 5.82 Å². The van der Waals surface area contributed by atoms with Crippen LogP contribution in [0.5, 0.6) is 0 Å². The van der Waals surface area contributed by atoms with Crippen LogP contribution in [0.1, 0.15) is 27.6 Å². The molecular formula is C21H17FO3S. The Morgan fingerprint density at radius 2 is 1.35 bits per heavy atom. The highest BCUT2D eigenvalue weighted by Gasteiger charge is 2.31. The molecule has 0 aromatic heterocycles. The van der Waals surface area contributed by atoms with Gasteiger partial charge in [0, 0.05) is 12.0 Å². The van der Waals surface area contributed by atoms with Crippen LogP contribution in [-0.4, -0.2) is 14.2 Å². The van der Waals surface area contributed by atoms with Crippen LogP contribution in [0.2, 0.25) is 0 Å². The number of ketones is 1. The van der Waals surface area contributed by atoms with Gasteiger partial charge in [-0.05, 0) is 42.0 Å². The third-order valence-electron chi connectivity index (χ3n) is 4.15. The quantitative estimate of drug-likeness (QED) is 0.597. The fourth-order valence-electron chi connectivity index (χ4n) is 2.77. The van der Waals surface area contributed by atoms with Crippen molar-refractivity contribution in [2.45, 2.75) is 16.6 Å². The molecule has 5 heteroatoms. The average Bonchev–Trinajstić information content (AvgIpc) is 2.67. The Bertz CT molecular complexity index is 982. The third kappa shape index (κ3) is 3.89. The van der Waals surface area contributed by atoms with Gasteiger partial charge in [0.25, 0.3) is 0 Å². The van der Waals surface area contributed by atoms with Gasteiger partial charge in [-0.1, -0.05) is 48.5 Å². The summed E-state index contributed by atoms with van der Waals surface area (Å²) in [6.45, 7) is 0. The van der Waals surface area contributed by atoms with Gasteiger partial charge in [-0.15, -0.1) is 0 Å². The highest BCUT2D eigenvalue weighted by atomic mass is 32.2. The van der Waals surface area contributed by atoms with Crippen molar-refractivity contribution in [2.75, 3.05) is 0 Å². The Labute approximate surface area is 152 Å². The first kappa shape index (κ1) is 18.0. The fourth-order valence-corrected chi connectivity index (χ4v) is 4.52. The second kappa shape index (κ2) is 7.62. The zero-order valence-electron chi connectivity index (χ0n) is 13.9. The minimum absolute atomic E-state index is 0.167. The first-order valence-electron chi connectivity index (χ1n) is 8.11. The lowest BCUT2D eigenvalue weighted by molar-refractivity contribution is 0.0980. The predicted octanol–water partition coefficient (Wildman–Crippen LogP) is 4.61. The largest absolute Gasteiger partial charge is 0.294 e. The van der Waals surface area contributed by atoms with Crippen molar-refractivity contribution >= 4 is 15.6 Å². The summed E-state index contributed by atoms with van der Waals surface area (Å²) in [5.41, 5.74) is 0.836. The van der Waals surface area contributed by atoms with Crippen LogP contribution in [0.25, 0.3) is 0 Å². The summed E-state index contributed by atoms with van der Waals surface area (Å²) in [6.07, 6.45) is -0.215. The molecule has 0 aliphatic carbocycles. The van der Waals surface area contributed by atoms with Gasteiger partial charge in [0.15, 0.2) is 15.6 Å². The van der Waals surface area contributed by atoms with Crippen molar-refractivity contribution in [3.05, 3.63) is 102 Å². The molecule has 3 rings (SSSR count). The summed E-state index contributed by atoms with van der Waals surface area (Å²) in [4.78, 5) is 12.8. The van der Waals surface area contributed by atoms with Gasteiger partial charge < -0.3 is 0 Å². The Hall–Kier alpha value is -2.79. The van der Waals surface area contributed by atoms with Gasteiger partial charge in [0.05, 0.1) is 10.1 Å². The normalized spacial score (nSPS) is 12.5. The minimum Gasteiger partial charge on any atom is -0.294 e. The molecule has 0 aliphatic rings. The molecule has 0 spiro atoms. The number of rotatable bonds is 6. The molecule has 0 amide bonds. The molecule has 0 N–H and O–H groups in total. The van der Waals surface area contributed by atoms with E-state index in [1.807, 2.05) is 0 Å². The Morgan fingerprint density at radius 3 is 1.92 bits per heavy atom. The summed E-state index contributed by atoms with van der Waals surface area (Å²) >= 11 is 0. The second-order valence-electron chi connectivity index (χ2n) is 5.89. The lowest BCUT2D eigenvalue weighted by atomic mass is 10.0. The van der Waals surface area contributed by atoms with Gasteiger partial charge in [0.1, 0.15) is 5.82 Å². The summed E-state index contributed by atoms with van der Waals surface area (Å²) in [5.74, 6) is -0.795. The van der Waals surface area contributed by atoms with E-state index in [1.54, 1.807) is 48.5 Å². The smallest absolute Gasteiger partial charge is 0.185 e. The highest BCUT2D eigenvalue weighted by Crippen LogP contribution is 2.32. The van der Waals surface area contributed by atoms with E-state index in [0.29, 0.717) is 5.56 Å². The fraction of sp³-hybridized carbons (Fsp3) is 0.0952. The molecular weight excluding hydrogens is 351 g/mol. The van der Waals surface area contributed by atoms with Crippen molar-refractivity contribution in [2.24, 2.45) is 0 Å². The first-order valence-corrected chi connectivity index (χ1v) is 9.66. The van der Waals surface area contributed by atoms with Crippen LogP contribution in [0.4, 0.5) is 4.39 Å². The third-order valence-corrected chi connectivity index (χ3v) is 6.27. The molecule has 0 fully saturated rings. The van der Waals surface area contributed by atoms with Crippen LogP contribution in [0.3, 0.4) is 0 Å². The zero-order chi connectivity index (χ0) is 18.6. The van der Waals surface area contributed by atoms with Crippen molar-refractivity contribution in [3.63, 3.8) is 0 Å². The number of hydrogen-bond acceptors (Lipinski definition) is 3. The standard InChI is InChI=1S/C21H17FO3S/c22-18-13-11-16(12-14-18)20(23)15-21(17-7-3-1-4-8-17)26(24,25)19-9-5-2-6-10-19/h1-14,21H,15H2/t21-/m0/s1. The van der Waals surface area contributed by atoms with Gasteiger partial charge in [-0.3, -0.25) is 4.79 Å². The predicted molar refractivity (Wildman–Crippen MR) is 98.2 cm³/mol. The van der Waals surface area contributed by atoms with E-state index in [2.05, 4.69) is 0 Å². The molecule has 3 aromatic carbocycles. The average molecular weight is 368 g/mol. The summed E-state index contributed by atoms with van der Waals surface area (Å²) in [6, 6.07) is 21.9. The van der Waals surface area contributed by atoms with Gasteiger partial charge in [-0.25, -0.2) is 12.8 Å². The molecule has 0 saturated carbocycles. The minimum atomic E-state index is -3.76. The Kier molecular flexibility index (Phi) is 5.28. The number of benzene rings is 3. The molecule has 26 heavy (non-hydrogen) atoms. The van der Waals surface area contributed by atoms with Crippen molar-refractivity contribution in [1.82, 2.24) is 0 Å². The van der Waals surface area contributed by atoms with E-state index >= 15 is 0 Å². The van der Waals surface area contributed by atoms with Crippen molar-refractivity contribution in [3.8, 4) is 0 Å². The lowest BCUT2D eigenvalue weighted by Gasteiger charge is -2.18. The molecule has 3 nitrogen and oxygen atoms in total. The highest BCUT2D eigenvalue weighted by molar-refractivity contribution is 7.91.